The zero-order valence-electron chi connectivity index (χ0n) is 23.1. The third-order valence-corrected chi connectivity index (χ3v) is 5.79. The van der Waals surface area contributed by atoms with E-state index in [9.17, 15) is 29.1 Å². The topological polar surface area (TPSA) is 351 Å². The lowest BCUT2D eigenvalue weighted by molar-refractivity contribution is -0.142. The number of primary amides is 1. The number of aliphatic imine (C=N–C) groups is 2. The summed E-state index contributed by atoms with van der Waals surface area (Å²) in [6.07, 6.45) is 3.11. The average molecular weight is 596 g/mol. The van der Waals surface area contributed by atoms with E-state index in [2.05, 4.69) is 35.9 Å². The number of carbonyl (C=O) groups is 5. The molecule has 0 bridgehead atoms. The van der Waals surface area contributed by atoms with Crippen LogP contribution >= 0.6 is 0 Å². The van der Waals surface area contributed by atoms with Gasteiger partial charge < -0.3 is 60.4 Å². The maximum atomic E-state index is 13.4. The molecule has 0 aromatic carbocycles. The molecule has 4 atom stereocenters. The second-order valence-electron chi connectivity index (χ2n) is 9.31. The Labute approximate surface area is 241 Å². The second-order valence-corrected chi connectivity index (χ2v) is 9.31. The first-order valence-electron chi connectivity index (χ1n) is 13.1. The zero-order valence-corrected chi connectivity index (χ0v) is 23.1. The highest BCUT2D eigenvalue weighted by atomic mass is 16.4. The Morgan fingerprint density at radius 3 is 1.88 bits per heavy atom. The van der Waals surface area contributed by atoms with Crippen molar-refractivity contribution in [3.8, 4) is 0 Å². The van der Waals surface area contributed by atoms with Crippen molar-refractivity contribution in [3.05, 3.63) is 18.2 Å². The van der Waals surface area contributed by atoms with Crippen LogP contribution in [0.3, 0.4) is 0 Å². The number of carboxylic acids is 1. The first kappa shape index (κ1) is 35.1. The number of amides is 4. The SMILES string of the molecule is NC(=O)CCC(NC(=O)C(Cc1cnc[nH]1)NC(=O)C(CCCN=C(N)N)NC(=O)C(N)CCCN=C(N)N)C(=O)O. The van der Waals surface area contributed by atoms with Gasteiger partial charge in [0.2, 0.25) is 23.6 Å². The number of imidazole rings is 1. The molecule has 42 heavy (non-hydrogen) atoms. The Kier molecular flexibility index (Phi) is 15.4. The number of nitrogens with two attached hydrogens (primary N) is 6. The minimum atomic E-state index is -1.45. The standard InChI is InChI=1S/C23H41N13O6/c24-13(3-1-7-31-22(26)27)18(38)34-14(4-2-8-32-23(28)29)19(39)36-16(9-12-10-30-11-33-12)20(40)35-15(21(41)42)5-6-17(25)37/h10-11,13-16H,1-9,24H2,(H2,25,37)(H,30,33)(H,34,38)(H,35,40)(H,36,39)(H,41,42)(H4,26,27,31)(H4,28,29,32). The van der Waals surface area contributed by atoms with Crippen LogP contribution in [0.2, 0.25) is 0 Å². The van der Waals surface area contributed by atoms with Crippen molar-refractivity contribution in [2.45, 2.75) is 69.1 Å². The number of aromatic amines is 1. The maximum Gasteiger partial charge on any atom is 0.326 e. The maximum absolute atomic E-state index is 13.4. The van der Waals surface area contributed by atoms with E-state index in [0.717, 1.165) is 0 Å². The number of aromatic nitrogens is 2. The van der Waals surface area contributed by atoms with E-state index < -0.39 is 53.8 Å². The van der Waals surface area contributed by atoms with Gasteiger partial charge in [-0.15, -0.1) is 0 Å². The van der Waals surface area contributed by atoms with Crippen molar-refractivity contribution in [1.82, 2.24) is 25.9 Å². The molecule has 4 unspecified atom stereocenters. The summed E-state index contributed by atoms with van der Waals surface area (Å²) < 4.78 is 0. The van der Waals surface area contributed by atoms with E-state index in [-0.39, 0.29) is 63.5 Å². The van der Waals surface area contributed by atoms with Crippen LogP contribution in [0, 0.1) is 0 Å². The third kappa shape index (κ3) is 14.4. The van der Waals surface area contributed by atoms with Gasteiger partial charge in [0.1, 0.15) is 18.1 Å². The van der Waals surface area contributed by atoms with Gasteiger partial charge in [-0.05, 0) is 32.1 Å². The number of guanidine groups is 2. The molecule has 1 aromatic heterocycles. The van der Waals surface area contributed by atoms with Crippen LogP contribution in [0.15, 0.2) is 22.5 Å². The molecule has 0 aliphatic heterocycles. The van der Waals surface area contributed by atoms with Gasteiger partial charge in [-0.25, -0.2) is 9.78 Å². The predicted octanol–water partition coefficient (Wildman–Crippen LogP) is -4.81. The Morgan fingerprint density at radius 1 is 0.810 bits per heavy atom. The molecule has 0 radical (unpaired) electrons. The molecular weight excluding hydrogens is 554 g/mol. The highest BCUT2D eigenvalue weighted by Gasteiger charge is 2.30. The number of hydrogen-bond acceptors (Lipinski definition) is 9. The van der Waals surface area contributed by atoms with Gasteiger partial charge in [0.05, 0.1) is 12.4 Å². The fraction of sp³-hybridized carbons (Fsp3) is 0.565. The van der Waals surface area contributed by atoms with E-state index in [1.807, 2.05) is 0 Å². The molecular formula is C23H41N13O6. The number of carboxylic acid groups (broad SMARTS) is 1. The summed E-state index contributed by atoms with van der Waals surface area (Å²) in [4.78, 5) is 76.4. The van der Waals surface area contributed by atoms with Gasteiger partial charge in [0, 0.05) is 37.8 Å². The Morgan fingerprint density at radius 2 is 1.36 bits per heavy atom. The molecule has 1 aromatic rings. The average Bonchev–Trinajstić information content (AvgIpc) is 3.42. The second kappa shape index (κ2) is 18.4. The quantitative estimate of drug-likeness (QED) is 0.0384. The molecule has 4 amide bonds. The number of hydrogen-bond donors (Lipinski definition) is 11. The minimum absolute atomic E-state index is 0.0732. The molecule has 0 aliphatic carbocycles. The van der Waals surface area contributed by atoms with E-state index in [4.69, 9.17) is 34.4 Å². The molecule has 0 fully saturated rings. The van der Waals surface area contributed by atoms with Crippen LogP contribution in [0.4, 0.5) is 0 Å². The lowest BCUT2D eigenvalue weighted by Crippen LogP contribution is -2.57. The van der Waals surface area contributed by atoms with Crippen LogP contribution in [-0.4, -0.2) is 93.8 Å². The van der Waals surface area contributed by atoms with Crippen molar-refractivity contribution in [2.24, 2.45) is 44.4 Å². The Hall–Kier alpha value is -4.94. The summed E-state index contributed by atoms with van der Waals surface area (Å²) in [6.45, 7) is 0.414. The summed E-state index contributed by atoms with van der Waals surface area (Å²) in [6, 6.07) is -4.88. The van der Waals surface area contributed by atoms with Gasteiger partial charge in [-0.1, -0.05) is 0 Å². The minimum Gasteiger partial charge on any atom is -0.480 e. The van der Waals surface area contributed by atoms with E-state index in [0.29, 0.717) is 12.1 Å². The van der Waals surface area contributed by atoms with Gasteiger partial charge in [0.15, 0.2) is 11.9 Å². The third-order valence-electron chi connectivity index (χ3n) is 5.79. The van der Waals surface area contributed by atoms with Crippen LogP contribution in [0.5, 0.6) is 0 Å². The summed E-state index contributed by atoms with van der Waals surface area (Å²) in [5.74, 6) is -4.61. The molecule has 1 heterocycles. The molecule has 17 N–H and O–H groups in total. The first-order chi connectivity index (χ1) is 19.8. The van der Waals surface area contributed by atoms with E-state index in [1.54, 1.807) is 0 Å². The molecule has 0 spiro atoms. The normalized spacial score (nSPS) is 13.5. The summed E-state index contributed by atoms with van der Waals surface area (Å²) in [5.41, 5.74) is 32.8. The number of carbonyl (C=O) groups excluding carboxylic acids is 4. The number of H-pyrrole nitrogens is 1. The monoisotopic (exact) mass is 595 g/mol. The molecule has 0 saturated heterocycles. The summed E-state index contributed by atoms with van der Waals surface area (Å²) >= 11 is 0. The van der Waals surface area contributed by atoms with Crippen LogP contribution in [0.25, 0.3) is 0 Å². The molecule has 0 aliphatic rings. The van der Waals surface area contributed by atoms with E-state index in [1.165, 1.54) is 12.5 Å². The number of nitrogens with zero attached hydrogens (tertiary/aromatic N) is 3. The molecule has 1 rings (SSSR count). The smallest absolute Gasteiger partial charge is 0.326 e. The van der Waals surface area contributed by atoms with Crippen molar-refractivity contribution in [1.29, 1.82) is 0 Å². The van der Waals surface area contributed by atoms with Crippen molar-refractivity contribution >= 4 is 41.5 Å². The van der Waals surface area contributed by atoms with Gasteiger partial charge >= 0.3 is 5.97 Å². The van der Waals surface area contributed by atoms with Crippen molar-refractivity contribution < 1.29 is 29.1 Å². The lowest BCUT2D eigenvalue weighted by Gasteiger charge is -2.25. The number of aliphatic carboxylic acids is 1. The predicted molar refractivity (Wildman–Crippen MR) is 152 cm³/mol. The molecule has 19 nitrogen and oxygen atoms in total. The van der Waals surface area contributed by atoms with Gasteiger partial charge in [-0.2, -0.15) is 0 Å². The van der Waals surface area contributed by atoms with Crippen LogP contribution in [0.1, 0.15) is 44.2 Å². The molecule has 0 saturated carbocycles. The number of rotatable bonds is 20. The van der Waals surface area contributed by atoms with Crippen molar-refractivity contribution in [2.75, 3.05) is 13.1 Å². The Balaban J connectivity index is 3.07. The Bertz CT molecular complexity index is 1100. The fourth-order valence-corrected chi connectivity index (χ4v) is 3.62. The number of nitrogens with one attached hydrogen (secondary N) is 4. The highest BCUT2D eigenvalue weighted by molar-refractivity contribution is 5.94. The highest BCUT2D eigenvalue weighted by Crippen LogP contribution is 2.06. The first-order valence-corrected chi connectivity index (χ1v) is 13.1. The van der Waals surface area contributed by atoms with Crippen LogP contribution < -0.4 is 50.4 Å². The van der Waals surface area contributed by atoms with Crippen molar-refractivity contribution in [3.63, 3.8) is 0 Å². The summed E-state index contributed by atoms with van der Waals surface area (Å²) in [5, 5.41) is 16.9. The summed E-state index contributed by atoms with van der Waals surface area (Å²) in [7, 11) is 0. The largest absolute Gasteiger partial charge is 0.480 e. The van der Waals surface area contributed by atoms with Gasteiger partial charge in [-0.3, -0.25) is 29.2 Å². The zero-order chi connectivity index (χ0) is 31.7. The lowest BCUT2D eigenvalue weighted by atomic mass is 10.1. The van der Waals surface area contributed by atoms with Crippen LogP contribution in [-0.2, 0) is 30.4 Å². The molecule has 19 heteroatoms. The van der Waals surface area contributed by atoms with E-state index >= 15 is 0 Å². The molecule has 234 valence electrons. The van der Waals surface area contributed by atoms with Gasteiger partial charge in [0.25, 0.3) is 0 Å². The fourth-order valence-electron chi connectivity index (χ4n) is 3.62.